The third-order valence-corrected chi connectivity index (χ3v) is 29.9. The van der Waals surface area contributed by atoms with E-state index in [2.05, 4.69) is 122 Å². The van der Waals surface area contributed by atoms with Gasteiger partial charge >= 0.3 is 237 Å². The predicted octanol–water partition coefficient (Wildman–Crippen LogP) is 9.53. The first kappa shape index (κ1) is 32.4. The normalized spacial score (nSPS) is 14.1. The fourth-order valence-corrected chi connectivity index (χ4v) is 27.0. The van der Waals surface area contributed by atoms with E-state index in [4.69, 9.17) is 4.43 Å². The Morgan fingerprint density at radius 2 is 1.19 bits per heavy atom. The van der Waals surface area contributed by atoms with Crippen LogP contribution in [0.2, 0.25) is 18.3 Å². The topological polar surface area (TPSA) is 9.23 Å². The molecule has 0 radical (unpaired) electrons. The van der Waals surface area contributed by atoms with Gasteiger partial charge in [0.25, 0.3) is 0 Å². The molecule has 3 heteroatoms. The zero-order valence-corrected chi connectivity index (χ0v) is 29.3. The second kappa shape index (κ2) is 15.7. The van der Waals surface area contributed by atoms with E-state index in [1.807, 2.05) is 3.59 Å². The summed E-state index contributed by atoms with van der Waals surface area (Å²) in [5.41, 5.74) is 0. The van der Waals surface area contributed by atoms with Crippen LogP contribution < -0.4 is 10.4 Å². The molecule has 0 fully saturated rings. The third kappa shape index (κ3) is 8.57. The molecule has 0 unspecified atom stereocenters. The van der Waals surface area contributed by atoms with Crippen LogP contribution in [0.15, 0.2) is 70.3 Å². The zero-order valence-electron chi connectivity index (χ0n) is 25.4. The molecular formula is C34H56OSiSn. The van der Waals surface area contributed by atoms with Gasteiger partial charge in [-0.15, -0.1) is 0 Å². The molecule has 0 aliphatic rings. The van der Waals surface area contributed by atoms with Gasteiger partial charge in [-0.3, -0.25) is 0 Å². The van der Waals surface area contributed by atoms with Crippen LogP contribution in [0.4, 0.5) is 0 Å². The fourth-order valence-electron chi connectivity index (χ4n) is 6.18. The summed E-state index contributed by atoms with van der Waals surface area (Å²) in [5, 5.41) is 2.79. The Bertz CT molecular complexity index is 855. The van der Waals surface area contributed by atoms with Crippen molar-refractivity contribution in [3.63, 3.8) is 0 Å². The molecule has 0 aliphatic heterocycles. The van der Waals surface area contributed by atoms with Gasteiger partial charge in [-0.2, -0.15) is 0 Å². The Labute approximate surface area is 235 Å². The molecule has 1 nitrogen and oxygen atoms in total. The van der Waals surface area contributed by atoms with E-state index in [9.17, 15) is 0 Å². The van der Waals surface area contributed by atoms with Crippen molar-refractivity contribution >= 4 is 37.1 Å². The minimum atomic E-state index is -2.48. The van der Waals surface area contributed by atoms with Crippen molar-refractivity contribution in [2.75, 3.05) is 6.61 Å². The number of allylic oxidation sites excluding steroid dienone is 1. The molecule has 0 heterocycles. The van der Waals surface area contributed by atoms with Gasteiger partial charge in [-0.05, 0) is 0 Å². The number of unbranched alkanes of at least 4 members (excludes halogenated alkanes) is 3. The molecule has 0 saturated carbocycles. The van der Waals surface area contributed by atoms with Gasteiger partial charge in [0.1, 0.15) is 0 Å². The van der Waals surface area contributed by atoms with Gasteiger partial charge < -0.3 is 0 Å². The first-order valence-corrected chi connectivity index (χ1v) is 24.5. The summed E-state index contributed by atoms with van der Waals surface area (Å²) < 4.78 is 13.7. The Kier molecular flexibility index (Phi) is 13.7. The predicted molar refractivity (Wildman–Crippen MR) is 171 cm³/mol. The molecule has 2 aromatic carbocycles. The van der Waals surface area contributed by atoms with E-state index < -0.39 is 26.7 Å². The van der Waals surface area contributed by atoms with Crippen molar-refractivity contribution < 1.29 is 4.43 Å². The van der Waals surface area contributed by atoms with Crippen LogP contribution >= 0.6 is 0 Å². The molecule has 0 N–H and O–H groups in total. The Morgan fingerprint density at radius 1 is 0.784 bits per heavy atom. The summed E-state index contributed by atoms with van der Waals surface area (Å²) in [6, 6.07) is 22.2. The summed E-state index contributed by atoms with van der Waals surface area (Å²) >= 11 is -2.37. The minimum absolute atomic E-state index is 0.0283. The number of benzene rings is 2. The van der Waals surface area contributed by atoms with Crippen LogP contribution in [0.1, 0.15) is 93.9 Å². The fraction of sp³-hybridized carbons (Fsp3) is 0.588. The molecule has 0 saturated heterocycles. The summed E-state index contributed by atoms with van der Waals surface area (Å²) in [6.45, 7) is 20.0. The molecular weight excluding hydrogens is 571 g/mol. The van der Waals surface area contributed by atoms with Crippen LogP contribution in [0.5, 0.6) is 0 Å². The van der Waals surface area contributed by atoms with Crippen molar-refractivity contribution in [1.29, 1.82) is 0 Å². The summed E-state index contributed by atoms with van der Waals surface area (Å²) in [6.07, 6.45) is 10.9. The Morgan fingerprint density at radius 3 is 1.54 bits per heavy atom. The molecule has 0 aliphatic carbocycles. The average molecular weight is 628 g/mol. The van der Waals surface area contributed by atoms with Crippen LogP contribution in [-0.4, -0.2) is 33.3 Å². The summed E-state index contributed by atoms with van der Waals surface area (Å²) in [4.78, 5) is 0. The molecule has 1 atom stereocenters. The molecule has 37 heavy (non-hydrogen) atoms. The first-order chi connectivity index (χ1) is 17.7. The first-order valence-electron chi connectivity index (χ1n) is 15.1. The SMILES string of the molecule is CCC[CH2][Sn]([CH2]CCC)([CH2]CCC)/[C](C)=C/[C@@H](C)CO[Si](c1ccccc1)(c1ccccc1)C(C)(C)C. The van der Waals surface area contributed by atoms with Crippen LogP contribution in [-0.2, 0) is 4.43 Å². The van der Waals surface area contributed by atoms with Crippen molar-refractivity contribution in [3.05, 3.63) is 70.3 Å². The van der Waals surface area contributed by atoms with Gasteiger partial charge in [-0.25, -0.2) is 0 Å². The van der Waals surface area contributed by atoms with Crippen molar-refractivity contribution in [2.24, 2.45) is 5.92 Å². The van der Waals surface area contributed by atoms with Gasteiger partial charge in [0.2, 0.25) is 0 Å². The standard InChI is InChI=1S/C22H29OSi.3C4H9.Sn/c1-6-13-19(2)18-23-24(22(3,4)5,20-14-9-7-10-15-20)21-16-11-8-12-17-21;3*1-3-4-2;/h7-17,19H,18H2,1-5H3;3*1,3-4H2,2H3;/t19-;;;;/m1..../s1. The van der Waals surface area contributed by atoms with Crippen LogP contribution in [0, 0.1) is 5.92 Å². The molecule has 206 valence electrons. The maximum atomic E-state index is 7.30. The van der Waals surface area contributed by atoms with E-state index in [1.165, 1.54) is 62.2 Å². The van der Waals surface area contributed by atoms with Crippen molar-refractivity contribution in [1.82, 2.24) is 0 Å². The van der Waals surface area contributed by atoms with Gasteiger partial charge in [0.15, 0.2) is 0 Å². The monoisotopic (exact) mass is 628 g/mol. The average Bonchev–Trinajstić information content (AvgIpc) is 2.89. The van der Waals surface area contributed by atoms with Crippen LogP contribution in [0.25, 0.3) is 0 Å². The maximum absolute atomic E-state index is 7.30. The second-order valence-corrected chi connectivity index (χ2v) is 30.5. The van der Waals surface area contributed by atoms with Crippen molar-refractivity contribution in [3.8, 4) is 0 Å². The van der Waals surface area contributed by atoms with Crippen molar-refractivity contribution in [2.45, 2.75) is 112 Å². The van der Waals surface area contributed by atoms with Gasteiger partial charge in [0.05, 0.1) is 0 Å². The Balaban J connectivity index is 2.43. The van der Waals surface area contributed by atoms with E-state index >= 15 is 0 Å². The van der Waals surface area contributed by atoms with E-state index in [-0.39, 0.29) is 5.04 Å². The molecule has 0 spiro atoms. The summed E-state index contributed by atoms with van der Waals surface area (Å²) in [7, 11) is -2.48. The van der Waals surface area contributed by atoms with Crippen LogP contribution in [0.3, 0.4) is 0 Å². The molecule has 0 bridgehead atoms. The number of hydrogen-bond acceptors (Lipinski definition) is 1. The summed E-state index contributed by atoms with van der Waals surface area (Å²) in [5.74, 6) is 0.433. The molecule has 0 amide bonds. The second-order valence-electron chi connectivity index (χ2n) is 12.4. The van der Waals surface area contributed by atoms with E-state index in [0.717, 1.165) is 6.61 Å². The van der Waals surface area contributed by atoms with E-state index in [0.29, 0.717) is 5.92 Å². The van der Waals surface area contributed by atoms with E-state index in [1.54, 1.807) is 0 Å². The third-order valence-electron chi connectivity index (χ3n) is 8.38. The Hall–Kier alpha value is -0.844. The zero-order chi connectivity index (χ0) is 27.4. The molecule has 0 aromatic heterocycles. The number of rotatable bonds is 16. The van der Waals surface area contributed by atoms with Gasteiger partial charge in [0, 0.05) is 0 Å². The number of hydrogen-bond donors (Lipinski definition) is 0. The molecule has 2 aromatic rings. The quantitative estimate of drug-likeness (QED) is 0.169. The van der Waals surface area contributed by atoms with Gasteiger partial charge in [-0.1, -0.05) is 0 Å². The molecule has 2 rings (SSSR count).